The highest BCUT2D eigenvalue weighted by Crippen LogP contribution is 2.29. The number of nitroso groups, excluding NO2 is 1. The van der Waals surface area contributed by atoms with Crippen molar-refractivity contribution in [2.75, 3.05) is 20.7 Å². The molecule has 0 saturated carbocycles. The lowest BCUT2D eigenvalue weighted by Gasteiger charge is -2.27. The fourth-order valence-electron chi connectivity index (χ4n) is 4.82. The van der Waals surface area contributed by atoms with E-state index in [0.29, 0.717) is 23.9 Å². The van der Waals surface area contributed by atoms with Crippen molar-refractivity contribution < 1.29 is 14.3 Å². The Hall–Kier alpha value is -4.11. The number of hydrogen-bond acceptors (Lipinski definition) is 7. The minimum atomic E-state index is -0.958. The molecule has 0 atom stereocenters. The molecule has 2 aromatic heterocycles. The molecule has 204 valence electrons. The second-order valence-corrected chi connectivity index (χ2v) is 9.70. The fourth-order valence-corrected chi connectivity index (χ4v) is 4.82. The largest absolute Gasteiger partial charge is 0.489 e. The van der Waals surface area contributed by atoms with E-state index < -0.39 is 5.91 Å². The van der Waals surface area contributed by atoms with Gasteiger partial charge in [-0.3, -0.25) is 4.79 Å². The molecule has 0 fully saturated rings. The molecule has 3 heterocycles. The van der Waals surface area contributed by atoms with Gasteiger partial charge >= 0.3 is 5.91 Å². The molecule has 0 radical (unpaired) electrons. The van der Waals surface area contributed by atoms with Crippen LogP contribution in [0.4, 0.5) is 0 Å². The van der Waals surface area contributed by atoms with Crippen LogP contribution in [-0.4, -0.2) is 46.3 Å². The first-order chi connectivity index (χ1) is 18.9. The van der Waals surface area contributed by atoms with Gasteiger partial charge in [-0.2, -0.15) is 9.78 Å². The van der Waals surface area contributed by atoms with E-state index in [1.54, 1.807) is 6.07 Å². The van der Waals surface area contributed by atoms with Crippen molar-refractivity contribution >= 4 is 11.5 Å². The van der Waals surface area contributed by atoms with E-state index in [1.807, 2.05) is 12.1 Å². The molecule has 0 N–H and O–H groups in total. The van der Waals surface area contributed by atoms with Crippen LogP contribution in [0, 0.1) is 11.8 Å². The second kappa shape index (κ2) is 12.6. The van der Waals surface area contributed by atoms with Gasteiger partial charge in [0.05, 0.1) is 19.0 Å². The maximum Gasteiger partial charge on any atom is 0.323 e. The van der Waals surface area contributed by atoms with Crippen molar-refractivity contribution in [1.82, 2.24) is 19.7 Å². The molecule has 0 unspecified atom stereocenters. The zero-order chi connectivity index (χ0) is 27.9. The Balaban J connectivity index is 1.60. The van der Waals surface area contributed by atoms with Crippen LogP contribution in [0.3, 0.4) is 0 Å². The van der Waals surface area contributed by atoms with Crippen LogP contribution in [0.2, 0.25) is 0 Å². The number of likely N-dealkylation sites (N-methyl/N-ethyl adjacent to an activating group) is 1. The van der Waals surface area contributed by atoms with Crippen molar-refractivity contribution in [3.8, 4) is 11.7 Å². The molecule has 1 amide bonds. The van der Waals surface area contributed by atoms with E-state index in [1.165, 1.54) is 34.7 Å². The minimum Gasteiger partial charge on any atom is -0.489 e. The number of fused-ring (bicyclic) bond motifs is 1. The summed E-state index contributed by atoms with van der Waals surface area (Å²) in [5.74, 6) is 0.0747. The fraction of sp³-hybridized carbons (Fsp3) is 0.367. The number of allylic oxidation sites excluding steroid dienone is 2. The molecular formula is C30H35N5O4. The second-order valence-electron chi connectivity index (χ2n) is 9.70. The number of carbonyl (C=O) groups excluding carboxylic acids is 1. The van der Waals surface area contributed by atoms with Gasteiger partial charge in [0.1, 0.15) is 17.9 Å². The van der Waals surface area contributed by atoms with Gasteiger partial charge in [0.25, 0.3) is 0 Å². The zero-order valence-corrected chi connectivity index (χ0v) is 23.1. The number of methoxy groups -OCH3 is 1. The van der Waals surface area contributed by atoms with Gasteiger partial charge < -0.3 is 14.4 Å². The van der Waals surface area contributed by atoms with Gasteiger partial charge in [-0.25, -0.2) is 4.98 Å². The summed E-state index contributed by atoms with van der Waals surface area (Å²) in [7, 11) is 3.55. The summed E-state index contributed by atoms with van der Waals surface area (Å²) in [6.45, 7) is 11.0. The number of nitrogens with zero attached hydrogens (tertiary/aromatic N) is 5. The number of ether oxygens (including phenoxy) is 2. The normalized spacial score (nSPS) is 13.6. The van der Waals surface area contributed by atoms with Gasteiger partial charge in [0.2, 0.25) is 5.88 Å². The van der Waals surface area contributed by atoms with Gasteiger partial charge in [0, 0.05) is 23.8 Å². The average Bonchev–Trinajstić information content (AvgIpc) is 3.39. The first-order valence-corrected chi connectivity index (χ1v) is 13.2. The standard InChI is InChI=1S/C30H35N5O4/c1-6-7-8-10-25(21(3)39-19-23-14-13-22-18-34(4)16-15-24(22)20(23)2)27-11-9-12-28(32-27)35-30(38-5)26(17-31-35)29(36)33-37/h9-14,17H,3,6-8,15-16,18-19H2,1-2,4-5H3/b25-10+. The average molecular weight is 530 g/mol. The Labute approximate surface area is 229 Å². The third-order valence-electron chi connectivity index (χ3n) is 7.06. The number of aromatic nitrogens is 3. The van der Waals surface area contributed by atoms with Crippen molar-refractivity contribution in [2.45, 2.75) is 52.7 Å². The summed E-state index contributed by atoms with van der Waals surface area (Å²) in [6.07, 6.45) is 7.31. The molecule has 3 aromatic rings. The monoisotopic (exact) mass is 529 g/mol. The molecule has 1 aliphatic heterocycles. The minimum absolute atomic E-state index is 0.0294. The summed E-state index contributed by atoms with van der Waals surface area (Å²) >= 11 is 0. The highest BCUT2D eigenvalue weighted by atomic mass is 16.5. The highest BCUT2D eigenvalue weighted by molar-refractivity contribution is 5.97. The molecule has 0 bridgehead atoms. The molecule has 0 aliphatic carbocycles. The van der Waals surface area contributed by atoms with Crippen LogP contribution in [0.1, 0.15) is 64.5 Å². The van der Waals surface area contributed by atoms with Crippen LogP contribution in [-0.2, 0) is 24.3 Å². The number of rotatable bonds is 11. The number of amides is 1. The quantitative estimate of drug-likeness (QED) is 0.134. The maximum absolute atomic E-state index is 11.9. The smallest absolute Gasteiger partial charge is 0.323 e. The van der Waals surface area contributed by atoms with E-state index in [-0.39, 0.29) is 11.4 Å². The Morgan fingerprint density at radius 3 is 2.82 bits per heavy atom. The summed E-state index contributed by atoms with van der Waals surface area (Å²) in [5, 5.41) is 6.69. The SMILES string of the molecule is C=C(OCc1ccc2c(c1C)CCN(C)C2)/C(=C\CCCC)c1cccc(-n2ncc(C(=O)N=O)c2OC)n1. The lowest BCUT2D eigenvalue weighted by atomic mass is 9.92. The Morgan fingerprint density at radius 2 is 2.08 bits per heavy atom. The topological polar surface area (TPSA) is 98.9 Å². The van der Waals surface area contributed by atoms with Crippen LogP contribution < -0.4 is 4.74 Å². The van der Waals surface area contributed by atoms with Crippen LogP contribution >= 0.6 is 0 Å². The van der Waals surface area contributed by atoms with Crippen molar-refractivity contribution in [3.05, 3.63) is 93.4 Å². The van der Waals surface area contributed by atoms with Crippen molar-refractivity contribution in [1.29, 1.82) is 0 Å². The number of hydrogen-bond donors (Lipinski definition) is 0. The highest BCUT2D eigenvalue weighted by Gasteiger charge is 2.22. The molecular weight excluding hydrogens is 494 g/mol. The molecule has 1 aromatic carbocycles. The Morgan fingerprint density at radius 1 is 1.26 bits per heavy atom. The van der Waals surface area contributed by atoms with E-state index in [4.69, 9.17) is 14.5 Å². The van der Waals surface area contributed by atoms with Crippen LogP contribution in [0.15, 0.2) is 60.1 Å². The van der Waals surface area contributed by atoms with Gasteiger partial charge in [0.15, 0.2) is 5.82 Å². The molecule has 4 rings (SSSR count). The van der Waals surface area contributed by atoms with Gasteiger partial charge in [-0.05, 0) is 61.2 Å². The first-order valence-electron chi connectivity index (χ1n) is 13.2. The molecule has 1 aliphatic rings. The third kappa shape index (κ3) is 6.15. The number of pyridine rings is 1. The number of benzene rings is 1. The van der Waals surface area contributed by atoms with Crippen LogP contribution in [0.25, 0.3) is 11.4 Å². The van der Waals surface area contributed by atoms with E-state index in [9.17, 15) is 9.70 Å². The van der Waals surface area contributed by atoms with Gasteiger partial charge in [-0.1, -0.05) is 50.6 Å². The molecule has 0 saturated heterocycles. The third-order valence-corrected chi connectivity index (χ3v) is 7.06. The number of unbranched alkanes of at least 4 members (excludes halogenated alkanes) is 2. The maximum atomic E-state index is 11.9. The summed E-state index contributed by atoms with van der Waals surface area (Å²) in [5.41, 5.74) is 6.65. The lowest BCUT2D eigenvalue weighted by molar-refractivity contribution is 0.0997. The van der Waals surface area contributed by atoms with Crippen molar-refractivity contribution in [2.24, 2.45) is 5.18 Å². The summed E-state index contributed by atoms with van der Waals surface area (Å²) in [4.78, 5) is 29.8. The van der Waals surface area contributed by atoms with Crippen molar-refractivity contribution in [3.63, 3.8) is 0 Å². The number of carbonyl (C=O) groups is 1. The van der Waals surface area contributed by atoms with Gasteiger partial charge in [-0.15, -0.1) is 4.91 Å². The zero-order valence-electron chi connectivity index (χ0n) is 23.1. The lowest BCUT2D eigenvalue weighted by Crippen LogP contribution is -2.27. The summed E-state index contributed by atoms with van der Waals surface area (Å²) < 4.78 is 13.0. The van der Waals surface area contributed by atoms with E-state index in [2.05, 4.69) is 60.9 Å². The molecule has 39 heavy (non-hydrogen) atoms. The summed E-state index contributed by atoms with van der Waals surface area (Å²) in [6, 6.07) is 9.81. The Kier molecular flexibility index (Phi) is 9.03. The van der Waals surface area contributed by atoms with E-state index >= 15 is 0 Å². The first kappa shape index (κ1) is 27.9. The predicted molar refractivity (Wildman–Crippen MR) is 151 cm³/mol. The molecule has 0 spiro atoms. The molecule has 9 nitrogen and oxygen atoms in total. The van der Waals surface area contributed by atoms with Crippen LogP contribution in [0.5, 0.6) is 5.88 Å². The van der Waals surface area contributed by atoms with E-state index in [0.717, 1.165) is 49.9 Å². The Bertz CT molecular complexity index is 1410. The predicted octanol–water partition coefficient (Wildman–Crippen LogP) is 5.78. The molecule has 9 heteroatoms.